The first-order chi connectivity index (χ1) is 13.4. The molecule has 0 bridgehead atoms. The van der Waals surface area contributed by atoms with Crippen molar-refractivity contribution in [2.45, 2.75) is 75.8 Å². The Bertz CT molecular complexity index is 558. The molecule has 4 atom stereocenters. The fourth-order valence-corrected chi connectivity index (χ4v) is 5.09. The number of halogens is 2. The van der Waals surface area contributed by atoms with Crippen LogP contribution in [-0.4, -0.2) is 78.8 Å². The zero-order valence-corrected chi connectivity index (χ0v) is 16.6. The van der Waals surface area contributed by atoms with E-state index < -0.39 is 5.92 Å². The first kappa shape index (κ1) is 20.4. The average Bonchev–Trinajstić information content (AvgIpc) is 3.34. The van der Waals surface area contributed by atoms with Crippen molar-refractivity contribution in [2.24, 2.45) is 5.92 Å². The van der Waals surface area contributed by atoms with Crippen LogP contribution in [0.5, 0.6) is 0 Å². The number of likely N-dealkylation sites (tertiary alicyclic amines) is 2. The van der Waals surface area contributed by atoms with Gasteiger partial charge in [-0.25, -0.2) is 8.78 Å². The van der Waals surface area contributed by atoms with Crippen LogP contribution in [0.25, 0.3) is 0 Å². The van der Waals surface area contributed by atoms with Gasteiger partial charge in [-0.15, -0.1) is 0 Å². The molecule has 3 N–H and O–H groups in total. The van der Waals surface area contributed by atoms with E-state index >= 15 is 0 Å². The van der Waals surface area contributed by atoms with E-state index in [2.05, 4.69) is 16.1 Å². The summed E-state index contributed by atoms with van der Waals surface area (Å²) in [6, 6.07) is 0.291. The molecule has 4 heterocycles. The molecule has 28 heavy (non-hydrogen) atoms. The topological polar surface area (TPSA) is 68.9 Å². The molecule has 0 spiro atoms. The molecule has 4 aliphatic heterocycles. The summed E-state index contributed by atoms with van der Waals surface area (Å²) in [7, 11) is 0. The molecule has 9 heteroatoms. The molecule has 0 saturated carbocycles. The normalized spacial score (nSPS) is 37.5. The second kappa shape index (κ2) is 8.47. The predicted molar refractivity (Wildman–Crippen MR) is 100 cm³/mol. The molecule has 4 unspecified atom stereocenters. The third kappa shape index (κ3) is 4.48. The van der Waals surface area contributed by atoms with E-state index in [4.69, 9.17) is 4.84 Å². The lowest BCUT2D eigenvalue weighted by Crippen LogP contribution is -2.56. The van der Waals surface area contributed by atoms with E-state index in [0.29, 0.717) is 18.9 Å². The number of nitrogens with one attached hydrogen (secondary N) is 3. The van der Waals surface area contributed by atoms with Crippen LogP contribution >= 0.6 is 0 Å². The summed E-state index contributed by atoms with van der Waals surface area (Å²) in [5.41, 5.74) is 3.14. The lowest BCUT2D eigenvalue weighted by molar-refractivity contribution is -0.132. The van der Waals surface area contributed by atoms with Gasteiger partial charge in [0.2, 0.25) is 5.91 Å². The summed E-state index contributed by atoms with van der Waals surface area (Å²) < 4.78 is 27.2. The number of amides is 1. The molecule has 0 aromatic heterocycles. The van der Waals surface area contributed by atoms with Crippen LogP contribution in [0.3, 0.4) is 0 Å². The molecule has 7 nitrogen and oxygen atoms in total. The fourth-order valence-electron chi connectivity index (χ4n) is 5.09. The second-order valence-electron chi connectivity index (χ2n) is 8.69. The zero-order chi connectivity index (χ0) is 19.7. The van der Waals surface area contributed by atoms with E-state index in [0.717, 1.165) is 45.3 Å². The van der Waals surface area contributed by atoms with Gasteiger partial charge in [0.05, 0.1) is 18.8 Å². The van der Waals surface area contributed by atoms with Gasteiger partial charge < -0.3 is 10.2 Å². The summed E-state index contributed by atoms with van der Waals surface area (Å²) in [5, 5.41) is 7.04. The number of carbonyl (C=O) groups excluding carboxylic acids is 1. The Morgan fingerprint density at radius 3 is 2.68 bits per heavy atom. The average molecular weight is 402 g/mol. The minimum Gasteiger partial charge on any atom is -0.343 e. The largest absolute Gasteiger partial charge is 0.343 e. The highest BCUT2D eigenvalue weighted by Crippen LogP contribution is 2.31. The number of rotatable bonds is 4. The summed E-state index contributed by atoms with van der Waals surface area (Å²) in [6.07, 6.45) is 4.07. The van der Waals surface area contributed by atoms with E-state index in [1.165, 1.54) is 0 Å². The maximum absolute atomic E-state index is 13.6. The van der Waals surface area contributed by atoms with Crippen molar-refractivity contribution in [3.8, 4) is 0 Å². The Morgan fingerprint density at radius 1 is 1.21 bits per heavy atom. The summed E-state index contributed by atoms with van der Waals surface area (Å²) in [4.78, 5) is 21.6. The lowest BCUT2D eigenvalue weighted by Gasteiger charge is -2.38. The fraction of sp³-hybridized carbons (Fsp3) is 0.947. The number of carbonyl (C=O) groups is 1. The van der Waals surface area contributed by atoms with Crippen molar-refractivity contribution >= 4 is 5.91 Å². The highest BCUT2D eigenvalue weighted by atomic mass is 19.3. The van der Waals surface area contributed by atoms with E-state index in [9.17, 15) is 13.6 Å². The number of nitrogens with zero attached hydrogens (tertiary/aromatic N) is 2. The molecule has 4 rings (SSSR count). The van der Waals surface area contributed by atoms with Crippen LogP contribution in [0.2, 0.25) is 0 Å². The van der Waals surface area contributed by atoms with Gasteiger partial charge in [-0.05, 0) is 38.1 Å². The molecule has 4 aliphatic rings. The number of piperidine rings is 2. The standard InChI is InChI=1S/C19H33F2N5O2/c1-2-16(27)25-8-4-13(5-9-25)17-23-18(28-24-17)15-11-14(3-7-22-15)26-10-6-19(20,21)12-26/h13-15,17-18,22-24H,2-12H2,1H3. The Hall–Kier alpha value is -0.870. The molecule has 0 radical (unpaired) electrons. The number of alkyl halides is 2. The smallest absolute Gasteiger partial charge is 0.261 e. The summed E-state index contributed by atoms with van der Waals surface area (Å²) >= 11 is 0. The Labute approximate surface area is 165 Å². The SMILES string of the molecule is CCC(=O)N1CCC(C2NOC(C3CC(N4CCC(F)(F)C4)CCN3)N2)CC1. The van der Waals surface area contributed by atoms with Crippen LogP contribution in [-0.2, 0) is 9.63 Å². The minimum absolute atomic E-state index is 0.0252. The van der Waals surface area contributed by atoms with Gasteiger partial charge >= 0.3 is 0 Å². The van der Waals surface area contributed by atoms with E-state index in [-0.39, 0.29) is 43.4 Å². The second-order valence-corrected chi connectivity index (χ2v) is 8.69. The molecule has 1 amide bonds. The molecule has 4 saturated heterocycles. The van der Waals surface area contributed by atoms with Gasteiger partial charge in [-0.3, -0.25) is 19.8 Å². The minimum atomic E-state index is -2.54. The first-order valence-electron chi connectivity index (χ1n) is 10.8. The molecular weight excluding hydrogens is 368 g/mol. The van der Waals surface area contributed by atoms with Crippen LogP contribution in [0.15, 0.2) is 0 Å². The molecule has 4 fully saturated rings. The molecule has 0 aromatic carbocycles. The first-order valence-corrected chi connectivity index (χ1v) is 10.8. The molecule has 0 aromatic rings. The summed E-state index contributed by atoms with van der Waals surface area (Å²) in [6.45, 7) is 4.70. The lowest BCUT2D eigenvalue weighted by atomic mass is 9.93. The van der Waals surface area contributed by atoms with Crippen molar-refractivity contribution in [1.82, 2.24) is 25.9 Å². The molecular formula is C19H33F2N5O2. The maximum Gasteiger partial charge on any atom is 0.261 e. The Kier molecular flexibility index (Phi) is 6.17. The van der Waals surface area contributed by atoms with Gasteiger partial charge in [0.15, 0.2) is 0 Å². The number of hydrogen-bond donors (Lipinski definition) is 3. The third-order valence-electron chi connectivity index (χ3n) is 6.82. The van der Waals surface area contributed by atoms with Gasteiger partial charge in [-0.2, -0.15) is 5.48 Å². The van der Waals surface area contributed by atoms with Crippen LogP contribution < -0.4 is 16.1 Å². The Morgan fingerprint density at radius 2 is 2.00 bits per heavy atom. The quantitative estimate of drug-likeness (QED) is 0.650. The monoisotopic (exact) mass is 401 g/mol. The van der Waals surface area contributed by atoms with E-state index in [1.54, 1.807) is 0 Å². The Balaban J connectivity index is 1.26. The van der Waals surface area contributed by atoms with E-state index in [1.807, 2.05) is 16.7 Å². The highest BCUT2D eigenvalue weighted by Gasteiger charge is 2.44. The molecule has 160 valence electrons. The van der Waals surface area contributed by atoms with Crippen molar-refractivity contribution in [3.05, 3.63) is 0 Å². The zero-order valence-electron chi connectivity index (χ0n) is 16.6. The van der Waals surface area contributed by atoms with Gasteiger partial charge in [0.1, 0.15) is 6.23 Å². The van der Waals surface area contributed by atoms with Crippen molar-refractivity contribution in [1.29, 1.82) is 0 Å². The number of hydrogen-bond acceptors (Lipinski definition) is 6. The third-order valence-corrected chi connectivity index (χ3v) is 6.82. The van der Waals surface area contributed by atoms with Crippen LogP contribution in [0.4, 0.5) is 8.78 Å². The predicted octanol–water partition coefficient (Wildman–Crippen LogP) is 0.873. The van der Waals surface area contributed by atoms with Crippen LogP contribution in [0, 0.1) is 5.92 Å². The van der Waals surface area contributed by atoms with Gasteiger partial charge in [0.25, 0.3) is 5.92 Å². The molecule has 0 aliphatic carbocycles. The maximum atomic E-state index is 13.6. The summed E-state index contributed by atoms with van der Waals surface area (Å²) in [5.74, 6) is -1.89. The highest BCUT2D eigenvalue weighted by molar-refractivity contribution is 5.75. The van der Waals surface area contributed by atoms with Crippen molar-refractivity contribution < 1.29 is 18.4 Å². The number of hydroxylamine groups is 1. The van der Waals surface area contributed by atoms with Crippen LogP contribution in [0.1, 0.15) is 45.4 Å². The van der Waals surface area contributed by atoms with Crippen molar-refractivity contribution in [2.75, 3.05) is 32.7 Å². The van der Waals surface area contributed by atoms with Crippen molar-refractivity contribution in [3.63, 3.8) is 0 Å². The van der Waals surface area contributed by atoms with Gasteiger partial charge in [-0.1, -0.05) is 6.92 Å². The van der Waals surface area contributed by atoms with Gasteiger partial charge in [0, 0.05) is 38.5 Å².